The summed E-state index contributed by atoms with van der Waals surface area (Å²) < 4.78 is 14.4. The number of rotatable bonds is 7. The van der Waals surface area contributed by atoms with Crippen molar-refractivity contribution < 1.29 is 9.18 Å². The molecular formula is C25H28FN3OS. The molecule has 4 nitrogen and oxygen atoms in total. The van der Waals surface area contributed by atoms with E-state index in [0.717, 1.165) is 38.2 Å². The van der Waals surface area contributed by atoms with Crippen molar-refractivity contribution in [2.24, 2.45) is 5.92 Å². The highest BCUT2D eigenvalue weighted by molar-refractivity contribution is 7.08. The van der Waals surface area contributed by atoms with Crippen LogP contribution in [0.5, 0.6) is 0 Å². The fourth-order valence-corrected chi connectivity index (χ4v) is 5.10. The van der Waals surface area contributed by atoms with Gasteiger partial charge in [-0.3, -0.25) is 14.7 Å². The van der Waals surface area contributed by atoms with Gasteiger partial charge in [-0.05, 0) is 73.5 Å². The lowest BCUT2D eigenvalue weighted by atomic mass is 9.84. The summed E-state index contributed by atoms with van der Waals surface area (Å²) in [5, 5.41) is 3.80. The number of hydrogen-bond donors (Lipinski definition) is 0. The Kier molecular flexibility index (Phi) is 7.10. The van der Waals surface area contributed by atoms with Crippen molar-refractivity contribution in [1.29, 1.82) is 0 Å². The van der Waals surface area contributed by atoms with E-state index in [-0.39, 0.29) is 17.8 Å². The van der Waals surface area contributed by atoms with Crippen molar-refractivity contribution in [2.75, 3.05) is 20.1 Å². The van der Waals surface area contributed by atoms with Gasteiger partial charge in [0.25, 0.3) is 5.91 Å². The maximum absolute atomic E-state index is 14.4. The second-order valence-electron chi connectivity index (χ2n) is 8.23. The Balaban J connectivity index is 1.48. The summed E-state index contributed by atoms with van der Waals surface area (Å²) in [7, 11) is 1.87. The van der Waals surface area contributed by atoms with Crippen LogP contribution in [0.3, 0.4) is 0 Å². The maximum Gasteiger partial charge on any atom is 0.254 e. The first kappa shape index (κ1) is 21.7. The van der Waals surface area contributed by atoms with Crippen LogP contribution in [-0.2, 0) is 13.0 Å². The van der Waals surface area contributed by atoms with E-state index in [1.807, 2.05) is 59.2 Å². The lowest BCUT2D eigenvalue weighted by molar-refractivity contribution is 0.0583. The SMILES string of the molecule is CN(C(=O)c1ccsc1)C(Cc1ccccc1F)C1CCN(Cc2ccccn2)CC1. The van der Waals surface area contributed by atoms with Gasteiger partial charge >= 0.3 is 0 Å². The van der Waals surface area contributed by atoms with Crippen LogP contribution in [-0.4, -0.2) is 46.9 Å². The minimum Gasteiger partial charge on any atom is -0.338 e. The van der Waals surface area contributed by atoms with Crippen LogP contribution in [0, 0.1) is 11.7 Å². The molecule has 6 heteroatoms. The van der Waals surface area contributed by atoms with Crippen molar-refractivity contribution >= 4 is 17.2 Å². The van der Waals surface area contributed by atoms with E-state index >= 15 is 0 Å². The quantitative estimate of drug-likeness (QED) is 0.529. The zero-order chi connectivity index (χ0) is 21.6. The van der Waals surface area contributed by atoms with Crippen LogP contribution < -0.4 is 0 Å². The van der Waals surface area contributed by atoms with E-state index in [9.17, 15) is 9.18 Å². The highest BCUT2D eigenvalue weighted by Crippen LogP contribution is 2.28. The minimum atomic E-state index is -0.198. The van der Waals surface area contributed by atoms with Crippen LogP contribution >= 0.6 is 11.3 Å². The van der Waals surface area contributed by atoms with E-state index < -0.39 is 0 Å². The molecule has 1 amide bonds. The predicted octanol–water partition coefficient (Wildman–Crippen LogP) is 4.88. The summed E-state index contributed by atoms with van der Waals surface area (Å²) in [5.74, 6) is 0.141. The number of likely N-dealkylation sites (N-methyl/N-ethyl adjacent to an activating group) is 1. The van der Waals surface area contributed by atoms with Gasteiger partial charge in [-0.15, -0.1) is 0 Å². The van der Waals surface area contributed by atoms with Gasteiger partial charge in [-0.1, -0.05) is 24.3 Å². The smallest absolute Gasteiger partial charge is 0.254 e. The Morgan fingerprint density at radius 1 is 1.19 bits per heavy atom. The lowest BCUT2D eigenvalue weighted by Gasteiger charge is -2.40. The number of aromatic nitrogens is 1. The summed E-state index contributed by atoms with van der Waals surface area (Å²) >= 11 is 1.52. The van der Waals surface area contributed by atoms with Gasteiger partial charge in [0.2, 0.25) is 0 Å². The molecule has 1 aliphatic heterocycles. The van der Waals surface area contributed by atoms with Crippen molar-refractivity contribution in [3.8, 4) is 0 Å². The number of carbonyl (C=O) groups excluding carboxylic acids is 1. The molecule has 162 valence electrons. The van der Waals surface area contributed by atoms with E-state index in [1.54, 1.807) is 6.07 Å². The standard InChI is InChI=1S/C25H28FN3OS/c1-28(25(30)21-11-15-31-18-21)24(16-20-6-2-3-8-23(20)26)19-9-13-29(14-10-19)17-22-7-4-5-12-27-22/h2-8,11-12,15,18-19,24H,9-10,13-14,16-17H2,1H3. The minimum absolute atomic E-state index is 0.0125. The van der Waals surface area contributed by atoms with Crippen molar-refractivity contribution in [2.45, 2.75) is 31.8 Å². The molecule has 1 atom stereocenters. The lowest BCUT2D eigenvalue weighted by Crippen LogP contribution is -2.47. The zero-order valence-electron chi connectivity index (χ0n) is 17.8. The molecule has 0 saturated carbocycles. The number of benzene rings is 1. The molecular weight excluding hydrogens is 409 g/mol. The molecule has 0 N–H and O–H groups in total. The van der Waals surface area contributed by atoms with Crippen molar-refractivity contribution in [1.82, 2.24) is 14.8 Å². The van der Waals surface area contributed by atoms with E-state index in [1.165, 1.54) is 17.4 Å². The number of pyridine rings is 1. The number of thiophene rings is 1. The van der Waals surface area contributed by atoms with Crippen LogP contribution in [0.2, 0.25) is 0 Å². The first-order valence-corrected chi connectivity index (χ1v) is 11.7. The Labute approximate surface area is 187 Å². The molecule has 1 fully saturated rings. The molecule has 3 aromatic rings. The second kappa shape index (κ2) is 10.2. The zero-order valence-corrected chi connectivity index (χ0v) is 18.6. The summed E-state index contributed by atoms with van der Waals surface area (Å²) in [4.78, 5) is 21.8. The van der Waals surface area contributed by atoms with Crippen LogP contribution in [0.25, 0.3) is 0 Å². The Hall–Kier alpha value is -2.57. The van der Waals surface area contributed by atoms with E-state index in [0.29, 0.717) is 23.5 Å². The number of amides is 1. The van der Waals surface area contributed by atoms with Gasteiger partial charge < -0.3 is 4.90 Å². The maximum atomic E-state index is 14.4. The second-order valence-corrected chi connectivity index (χ2v) is 9.01. The monoisotopic (exact) mass is 437 g/mol. The van der Waals surface area contributed by atoms with E-state index in [4.69, 9.17) is 0 Å². The molecule has 1 aliphatic rings. The van der Waals surface area contributed by atoms with Gasteiger partial charge in [-0.2, -0.15) is 11.3 Å². The highest BCUT2D eigenvalue weighted by Gasteiger charge is 2.32. The molecule has 0 aliphatic carbocycles. The number of likely N-dealkylation sites (tertiary alicyclic amines) is 1. The number of nitrogens with zero attached hydrogens (tertiary/aromatic N) is 3. The average Bonchev–Trinajstić information content (AvgIpc) is 3.34. The molecule has 0 spiro atoms. The average molecular weight is 438 g/mol. The molecule has 1 aromatic carbocycles. The van der Waals surface area contributed by atoms with Crippen LogP contribution in [0.4, 0.5) is 4.39 Å². The van der Waals surface area contributed by atoms with E-state index in [2.05, 4.69) is 16.0 Å². The van der Waals surface area contributed by atoms with Gasteiger partial charge in [0.1, 0.15) is 5.82 Å². The number of halogens is 1. The molecule has 3 heterocycles. The number of hydrogen-bond acceptors (Lipinski definition) is 4. The molecule has 1 saturated heterocycles. The Morgan fingerprint density at radius 2 is 1.97 bits per heavy atom. The summed E-state index contributed by atoms with van der Waals surface area (Å²) in [5.41, 5.74) is 2.46. The van der Waals surface area contributed by atoms with Gasteiger partial charge in [0.05, 0.1) is 11.3 Å². The summed E-state index contributed by atoms with van der Waals surface area (Å²) in [6.45, 7) is 2.75. The Bertz CT molecular complexity index is 971. The third-order valence-corrected chi connectivity index (χ3v) is 6.94. The van der Waals surface area contributed by atoms with Gasteiger partial charge in [-0.25, -0.2) is 4.39 Å². The van der Waals surface area contributed by atoms with Crippen molar-refractivity contribution in [3.05, 3.63) is 88.1 Å². The first-order valence-electron chi connectivity index (χ1n) is 10.8. The summed E-state index contributed by atoms with van der Waals surface area (Å²) in [6.07, 6.45) is 4.32. The molecule has 0 radical (unpaired) electrons. The normalized spacial score (nSPS) is 16.2. The number of piperidine rings is 1. The predicted molar refractivity (Wildman–Crippen MR) is 123 cm³/mol. The Morgan fingerprint density at radius 3 is 2.65 bits per heavy atom. The van der Waals surface area contributed by atoms with Crippen LogP contribution in [0.15, 0.2) is 65.5 Å². The third kappa shape index (κ3) is 5.38. The molecule has 2 aromatic heterocycles. The molecule has 4 rings (SSSR count). The van der Waals surface area contributed by atoms with Gasteiger partial charge in [0, 0.05) is 31.2 Å². The fourth-order valence-electron chi connectivity index (χ4n) is 4.47. The molecule has 31 heavy (non-hydrogen) atoms. The van der Waals surface area contributed by atoms with Crippen LogP contribution in [0.1, 0.15) is 34.5 Å². The highest BCUT2D eigenvalue weighted by atomic mass is 32.1. The molecule has 1 unspecified atom stereocenters. The van der Waals surface area contributed by atoms with Gasteiger partial charge in [0.15, 0.2) is 0 Å². The topological polar surface area (TPSA) is 36.4 Å². The number of carbonyl (C=O) groups is 1. The van der Waals surface area contributed by atoms with Crippen molar-refractivity contribution in [3.63, 3.8) is 0 Å². The first-order chi connectivity index (χ1) is 15.1. The third-order valence-electron chi connectivity index (χ3n) is 6.26. The molecule has 0 bridgehead atoms. The summed E-state index contributed by atoms with van der Waals surface area (Å²) in [6, 6.07) is 14.7. The fraction of sp³-hybridized carbons (Fsp3) is 0.360. The largest absolute Gasteiger partial charge is 0.338 e.